The van der Waals surface area contributed by atoms with Gasteiger partial charge in [-0.05, 0) is 37.2 Å². The third kappa shape index (κ3) is 4.02. The highest BCUT2D eigenvalue weighted by Gasteiger charge is 2.17. The van der Waals surface area contributed by atoms with Crippen molar-refractivity contribution in [1.29, 1.82) is 0 Å². The Hall–Kier alpha value is -1.46. The number of amides is 1. The van der Waals surface area contributed by atoms with Crippen LogP contribution in [-0.2, 0) is 11.3 Å². The molecule has 110 valence electrons. The highest BCUT2D eigenvalue weighted by atomic mass is 19.1. The summed E-state index contributed by atoms with van der Waals surface area (Å²) in [6, 6.07) is 4.78. The molecule has 2 rings (SSSR count). The lowest BCUT2D eigenvalue weighted by Crippen LogP contribution is -2.49. The average molecular weight is 279 g/mol. The van der Waals surface area contributed by atoms with Gasteiger partial charge in [-0.15, -0.1) is 0 Å². The number of nitrogens with zero attached hydrogens (tertiary/aromatic N) is 2. The number of aryl methyl sites for hydroxylation is 1. The molecule has 20 heavy (non-hydrogen) atoms. The van der Waals surface area contributed by atoms with Gasteiger partial charge in [0.05, 0.1) is 6.54 Å². The summed E-state index contributed by atoms with van der Waals surface area (Å²) in [6.45, 7) is 6.24. The fourth-order valence-electron chi connectivity index (χ4n) is 2.43. The van der Waals surface area contributed by atoms with Gasteiger partial charge >= 0.3 is 0 Å². The summed E-state index contributed by atoms with van der Waals surface area (Å²) in [7, 11) is 1.92. The summed E-state index contributed by atoms with van der Waals surface area (Å²) in [6.07, 6.45) is 0. The quantitative estimate of drug-likeness (QED) is 0.893. The van der Waals surface area contributed by atoms with Crippen molar-refractivity contribution in [2.75, 3.05) is 39.8 Å². The SMILES string of the molecule is Cc1cc(F)ccc1CN(C)CC(=O)N1CCNCC1. The first-order valence-corrected chi connectivity index (χ1v) is 6.98. The van der Waals surface area contributed by atoms with Gasteiger partial charge in [0.25, 0.3) is 0 Å². The van der Waals surface area contributed by atoms with Crippen LogP contribution in [0.5, 0.6) is 0 Å². The molecule has 0 bridgehead atoms. The largest absolute Gasteiger partial charge is 0.339 e. The fraction of sp³-hybridized carbons (Fsp3) is 0.533. The summed E-state index contributed by atoms with van der Waals surface area (Å²) in [5.41, 5.74) is 1.98. The number of carbonyl (C=O) groups is 1. The van der Waals surface area contributed by atoms with Crippen molar-refractivity contribution in [2.24, 2.45) is 0 Å². The molecule has 1 fully saturated rings. The Morgan fingerprint density at radius 3 is 2.75 bits per heavy atom. The topological polar surface area (TPSA) is 35.6 Å². The van der Waals surface area contributed by atoms with Gasteiger partial charge in [-0.25, -0.2) is 4.39 Å². The number of hydrogen-bond acceptors (Lipinski definition) is 3. The Balaban J connectivity index is 1.88. The number of piperazine rings is 1. The van der Waals surface area contributed by atoms with E-state index in [0.717, 1.165) is 37.3 Å². The van der Waals surface area contributed by atoms with Crippen molar-refractivity contribution in [3.63, 3.8) is 0 Å². The smallest absolute Gasteiger partial charge is 0.236 e. The fourth-order valence-corrected chi connectivity index (χ4v) is 2.43. The first-order valence-electron chi connectivity index (χ1n) is 6.98. The van der Waals surface area contributed by atoms with Crippen LogP contribution in [0.25, 0.3) is 0 Å². The lowest BCUT2D eigenvalue weighted by Gasteiger charge is -2.29. The molecular weight excluding hydrogens is 257 g/mol. The predicted octanol–water partition coefficient (Wildman–Crippen LogP) is 0.998. The van der Waals surface area contributed by atoms with Crippen LogP contribution in [0.1, 0.15) is 11.1 Å². The molecule has 0 unspecified atom stereocenters. The zero-order valence-electron chi connectivity index (χ0n) is 12.2. The standard InChI is InChI=1S/C15H22FN3O/c1-12-9-14(16)4-3-13(12)10-18(2)11-15(20)19-7-5-17-6-8-19/h3-4,9,17H,5-8,10-11H2,1-2H3. The van der Waals surface area contributed by atoms with Crippen molar-refractivity contribution in [1.82, 2.24) is 15.1 Å². The Labute approximate surface area is 119 Å². The van der Waals surface area contributed by atoms with Gasteiger partial charge in [0.2, 0.25) is 5.91 Å². The highest BCUT2D eigenvalue weighted by molar-refractivity contribution is 5.78. The normalized spacial score (nSPS) is 15.7. The zero-order valence-corrected chi connectivity index (χ0v) is 12.2. The molecule has 1 aromatic carbocycles. The van der Waals surface area contributed by atoms with Crippen LogP contribution in [0.15, 0.2) is 18.2 Å². The van der Waals surface area contributed by atoms with Crippen molar-refractivity contribution in [3.05, 3.63) is 35.1 Å². The van der Waals surface area contributed by atoms with Gasteiger partial charge in [-0.3, -0.25) is 9.69 Å². The van der Waals surface area contributed by atoms with E-state index in [1.807, 2.05) is 23.8 Å². The van der Waals surface area contributed by atoms with E-state index in [-0.39, 0.29) is 11.7 Å². The first kappa shape index (κ1) is 14.9. The molecule has 0 aliphatic carbocycles. The first-order chi connectivity index (χ1) is 9.56. The molecule has 1 amide bonds. The van der Waals surface area contributed by atoms with Crippen LogP contribution >= 0.6 is 0 Å². The van der Waals surface area contributed by atoms with E-state index in [1.165, 1.54) is 12.1 Å². The van der Waals surface area contributed by atoms with Gasteiger partial charge in [0, 0.05) is 32.7 Å². The van der Waals surface area contributed by atoms with Crippen molar-refractivity contribution >= 4 is 5.91 Å². The highest BCUT2D eigenvalue weighted by Crippen LogP contribution is 2.12. The Bertz CT molecular complexity index is 472. The second-order valence-corrected chi connectivity index (χ2v) is 5.37. The van der Waals surface area contributed by atoms with Crippen molar-refractivity contribution in [2.45, 2.75) is 13.5 Å². The summed E-state index contributed by atoms with van der Waals surface area (Å²) in [5.74, 6) is -0.0560. The number of likely N-dealkylation sites (N-methyl/N-ethyl adjacent to an activating group) is 1. The van der Waals surface area contributed by atoms with E-state index in [9.17, 15) is 9.18 Å². The van der Waals surface area contributed by atoms with Crippen LogP contribution in [0.4, 0.5) is 4.39 Å². The second-order valence-electron chi connectivity index (χ2n) is 5.37. The number of hydrogen-bond donors (Lipinski definition) is 1. The maximum Gasteiger partial charge on any atom is 0.236 e. The molecule has 1 aliphatic heterocycles. The molecule has 0 atom stereocenters. The number of halogens is 1. The minimum atomic E-state index is -0.217. The molecule has 1 aliphatic rings. The molecule has 5 heteroatoms. The van der Waals surface area contributed by atoms with Gasteiger partial charge in [0.1, 0.15) is 5.82 Å². The van der Waals surface area contributed by atoms with Crippen LogP contribution < -0.4 is 5.32 Å². The summed E-state index contributed by atoms with van der Waals surface area (Å²) < 4.78 is 13.1. The van der Waals surface area contributed by atoms with E-state index in [4.69, 9.17) is 0 Å². The van der Waals surface area contributed by atoms with Crippen LogP contribution in [0.2, 0.25) is 0 Å². The van der Waals surface area contributed by atoms with E-state index < -0.39 is 0 Å². The summed E-state index contributed by atoms with van der Waals surface area (Å²) in [4.78, 5) is 16.0. The number of benzene rings is 1. The maximum atomic E-state index is 13.1. The molecule has 1 N–H and O–H groups in total. The molecule has 0 radical (unpaired) electrons. The molecule has 1 heterocycles. The zero-order chi connectivity index (χ0) is 14.5. The summed E-state index contributed by atoms with van der Waals surface area (Å²) in [5, 5.41) is 3.23. The lowest BCUT2D eigenvalue weighted by atomic mass is 10.1. The molecular formula is C15H22FN3O. The van der Waals surface area contributed by atoms with Gasteiger partial charge in [-0.1, -0.05) is 6.07 Å². The number of rotatable bonds is 4. The minimum absolute atomic E-state index is 0.161. The second kappa shape index (κ2) is 6.81. The molecule has 4 nitrogen and oxygen atoms in total. The number of nitrogens with one attached hydrogen (secondary N) is 1. The minimum Gasteiger partial charge on any atom is -0.339 e. The van der Waals surface area contributed by atoms with E-state index in [1.54, 1.807) is 6.07 Å². The maximum absolute atomic E-state index is 13.1. The molecule has 1 aromatic rings. The lowest BCUT2D eigenvalue weighted by molar-refractivity contribution is -0.132. The Morgan fingerprint density at radius 1 is 1.40 bits per heavy atom. The summed E-state index contributed by atoms with van der Waals surface area (Å²) >= 11 is 0. The van der Waals surface area contributed by atoms with Gasteiger partial charge in [0.15, 0.2) is 0 Å². The van der Waals surface area contributed by atoms with Gasteiger partial charge in [-0.2, -0.15) is 0 Å². The van der Waals surface area contributed by atoms with E-state index in [0.29, 0.717) is 13.1 Å². The third-order valence-corrected chi connectivity index (χ3v) is 3.62. The Morgan fingerprint density at radius 2 is 2.10 bits per heavy atom. The molecule has 0 spiro atoms. The van der Waals surface area contributed by atoms with Crippen LogP contribution in [0.3, 0.4) is 0 Å². The van der Waals surface area contributed by atoms with Crippen LogP contribution in [-0.4, -0.2) is 55.5 Å². The third-order valence-electron chi connectivity index (χ3n) is 3.62. The van der Waals surface area contributed by atoms with Gasteiger partial charge < -0.3 is 10.2 Å². The van der Waals surface area contributed by atoms with Crippen molar-refractivity contribution in [3.8, 4) is 0 Å². The van der Waals surface area contributed by atoms with Crippen LogP contribution in [0, 0.1) is 12.7 Å². The molecule has 1 saturated heterocycles. The van der Waals surface area contributed by atoms with E-state index >= 15 is 0 Å². The predicted molar refractivity (Wildman–Crippen MR) is 76.9 cm³/mol. The molecule has 0 aromatic heterocycles. The van der Waals surface area contributed by atoms with E-state index in [2.05, 4.69) is 5.32 Å². The Kier molecular flexibility index (Phi) is 5.09. The number of carbonyl (C=O) groups excluding carboxylic acids is 1. The monoisotopic (exact) mass is 279 g/mol. The van der Waals surface area contributed by atoms with Crippen molar-refractivity contribution < 1.29 is 9.18 Å². The average Bonchev–Trinajstić information content (AvgIpc) is 2.43. The molecule has 0 saturated carbocycles.